The molecule has 4 nitrogen and oxygen atoms in total. The van der Waals surface area contributed by atoms with Gasteiger partial charge in [0.25, 0.3) is 0 Å². The number of nitrogens with zero attached hydrogens (tertiary/aromatic N) is 2. The summed E-state index contributed by atoms with van der Waals surface area (Å²) in [5, 5.41) is 6.68. The van der Waals surface area contributed by atoms with Gasteiger partial charge in [0.1, 0.15) is 0 Å². The fraction of sp³-hybridized carbons (Fsp3) is 0.938. The van der Waals surface area contributed by atoms with Crippen molar-refractivity contribution >= 4 is 29.9 Å². The number of guanidine groups is 1. The van der Waals surface area contributed by atoms with Gasteiger partial charge in [0.15, 0.2) is 5.96 Å². The molecule has 0 unspecified atom stereocenters. The van der Waals surface area contributed by atoms with Crippen LogP contribution in [0.5, 0.6) is 0 Å². The van der Waals surface area contributed by atoms with Crippen LogP contribution in [0.25, 0.3) is 0 Å². The molecule has 0 amide bonds. The smallest absolute Gasteiger partial charge is 0.191 e. The van der Waals surface area contributed by atoms with E-state index in [2.05, 4.69) is 62.1 Å². The van der Waals surface area contributed by atoms with Gasteiger partial charge in [-0.25, -0.2) is 0 Å². The summed E-state index contributed by atoms with van der Waals surface area (Å²) < 4.78 is 0. The van der Waals surface area contributed by atoms with Gasteiger partial charge in [-0.3, -0.25) is 9.89 Å². The number of hydrogen-bond donors (Lipinski definition) is 2. The highest BCUT2D eigenvalue weighted by Gasteiger charge is 2.11. The van der Waals surface area contributed by atoms with E-state index in [0.29, 0.717) is 12.1 Å². The van der Waals surface area contributed by atoms with Crippen molar-refractivity contribution < 1.29 is 0 Å². The third-order valence-corrected chi connectivity index (χ3v) is 3.34. The maximum Gasteiger partial charge on any atom is 0.191 e. The van der Waals surface area contributed by atoms with Crippen LogP contribution in [-0.2, 0) is 0 Å². The summed E-state index contributed by atoms with van der Waals surface area (Å²) in [6.45, 7) is 17.3. The zero-order valence-corrected chi connectivity index (χ0v) is 17.2. The number of hydrogen-bond acceptors (Lipinski definition) is 2. The van der Waals surface area contributed by atoms with Gasteiger partial charge in [0.2, 0.25) is 0 Å². The van der Waals surface area contributed by atoms with Crippen molar-refractivity contribution in [3.05, 3.63) is 0 Å². The predicted octanol–water partition coefficient (Wildman–Crippen LogP) is 3.47. The topological polar surface area (TPSA) is 39.7 Å². The van der Waals surface area contributed by atoms with E-state index in [-0.39, 0.29) is 24.0 Å². The van der Waals surface area contributed by atoms with Gasteiger partial charge in [-0.05, 0) is 47.5 Å². The molecule has 0 saturated heterocycles. The molecule has 0 aromatic carbocycles. The molecule has 0 saturated carbocycles. The van der Waals surface area contributed by atoms with Crippen LogP contribution < -0.4 is 10.6 Å². The van der Waals surface area contributed by atoms with Crippen LogP contribution in [0.2, 0.25) is 0 Å². The van der Waals surface area contributed by atoms with Gasteiger partial charge >= 0.3 is 0 Å². The van der Waals surface area contributed by atoms with Crippen molar-refractivity contribution in [3.8, 4) is 0 Å². The standard InChI is InChI=1S/C16H36N4.HI/c1-7-9-11-18-16(17-8-2)19-12-10-13-20(14(3)4)15(5)6;/h14-15H,7-13H2,1-6H3,(H2,17,18,19);1H. The molecule has 0 atom stereocenters. The Bertz CT molecular complexity index is 247. The van der Waals surface area contributed by atoms with Gasteiger partial charge < -0.3 is 10.6 Å². The van der Waals surface area contributed by atoms with E-state index in [4.69, 9.17) is 0 Å². The molecule has 128 valence electrons. The third kappa shape index (κ3) is 12.2. The highest BCUT2D eigenvalue weighted by molar-refractivity contribution is 14.0. The number of halogens is 1. The molecule has 0 aliphatic rings. The van der Waals surface area contributed by atoms with Crippen LogP contribution in [0.1, 0.15) is 60.8 Å². The zero-order valence-electron chi connectivity index (χ0n) is 14.9. The summed E-state index contributed by atoms with van der Waals surface area (Å²) in [5.41, 5.74) is 0. The van der Waals surface area contributed by atoms with Crippen LogP contribution in [0.4, 0.5) is 0 Å². The number of rotatable bonds is 10. The molecule has 2 N–H and O–H groups in total. The highest BCUT2D eigenvalue weighted by atomic mass is 127. The van der Waals surface area contributed by atoms with E-state index in [1.54, 1.807) is 0 Å². The molecule has 0 spiro atoms. The Morgan fingerprint density at radius 3 is 2.10 bits per heavy atom. The van der Waals surface area contributed by atoms with Crippen LogP contribution in [0, 0.1) is 0 Å². The molecule has 0 radical (unpaired) electrons. The Hall–Kier alpha value is -0.0400. The summed E-state index contributed by atoms with van der Waals surface area (Å²) in [6, 6.07) is 1.21. The monoisotopic (exact) mass is 412 g/mol. The van der Waals surface area contributed by atoms with Gasteiger partial charge in [0, 0.05) is 38.3 Å². The van der Waals surface area contributed by atoms with E-state index < -0.39 is 0 Å². The molecule has 0 bridgehead atoms. The van der Waals surface area contributed by atoms with Gasteiger partial charge in [-0.1, -0.05) is 13.3 Å². The minimum Gasteiger partial charge on any atom is -0.357 e. The molecule has 5 heteroatoms. The molecule has 0 fully saturated rings. The Kier molecular flexibility index (Phi) is 16.5. The Morgan fingerprint density at radius 2 is 1.62 bits per heavy atom. The molecule has 21 heavy (non-hydrogen) atoms. The maximum atomic E-state index is 4.64. The lowest BCUT2D eigenvalue weighted by molar-refractivity contribution is 0.174. The normalized spacial score (nSPS) is 12.0. The minimum absolute atomic E-state index is 0. The predicted molar refractivity (Wildman–Crippen MR) is 106 cm³/mol. The highest BCUT2D eigenvalue weighted by Crippen LogP contribution is 2.05. The molecule has 0 aromatic heterocycles. The first kappa shape index (κ1) is 23.2. The average molecular weight is 412 g/mol. The number of nitrogens with one attached hydrogen (secondary N) is 2. The summed E-state index contributed by atoms with van der Waals surface area (Å²) in [6.07, 6.45) is 3.52. The number of aliphatic imine (C=N–C) groups is 1. The first-order valence-electron chi connectivity index (χ1n) is 8.30. The molecule has 0 aromatic rings. The second-order valence-electron chi connectivity index (χ2n) is 5.82. The van der Waals surface area contributed by atoms with E-state index in [1.165, 1.54) is 12.8 Å². The fourth-order valence-corrected chi connectivity index (χ4v) is 2.28. The number of unbranched alkanes of at least 4 members (excludes halogenated alkanes) is 1. The van der Waals surface area contributed by atoms with Crippen molar-refractivity contribution in [1.29, 1.82) is 0 Å². The van der Waals surface area contributed by atoms with E-state index in [1.807, 2.05) is 0 Å². The van der Waals surface area contributed by atoms with Crippen molar-refractivity contribution in [2.24, 2.45) is 4.99 Å². The first-order valence-corrected chi connectivity index (χ1v) is 8.30. The summed E-state index contributed by atoms with van der Waals surface area (Å²) in [4.78, 5) is 7.16. The first-order chi connectivity index (χ1) is 9.52. The van der Waals surface area contributed by atoms with Crippen molar-refractivity contribution in [2.75, 3.05) is 26.2 Å². The van der Waals surface area contributed by atoms with Crippen molar-refractivity contribution in [2.45, 2.75) is 72.9 Å². The molecule has 0 heterocycles. The molecule has 0 aliphatic carbocycles. The fourth-order valence-electron chi connectivity index (χ4n) is 2.28. The summed E-state index contributed by atoms with van der Waals surface area (Å²) in [7, 11) is 0. The quantitative estimate of drug-likeness (QED) is 0.250. The Morgan fingerprint density at radius 1 is 1.00 bits per heavy atom. The van der Waals surface area contributed by atoms with Gasteiger partial charge in [0.05, 0.1) is 0 Å². The zero-order chi connectivity index (χ0) is 15.4. The maximum absolute atomic E-state index is 4.64. The van der Waals surface area contributed by atoms with Gasteiger partial charge in [-0.15, -0.1) is 24.0 Å². The second-order valence-corrected chi connectivity index (χ2v) is 5.82. The molecular weight excluding hydrogens is 375 g/mol. The lowest BCUT2D eigenvalue weighted by Gasteiger charge is -2.30. The summed E-state index contributed by atoms with van der Waals surface area (Å²) >= 11 is 0. The van der Waals surface area contributed by atoms with E-state index >= 15 is 0 Å². The minimum atomic E-state index is 0. The lowest BCUT2D eigenvalue weighted by atomic mass is 10.2. The second kappa shape index (κ2) is 14.9. The SMILES string of the molecule is CCCCNC(=NCCCN(C(C)C)C(C)C)NCC.I. The molecule has 0 aliphatic heterocycles. The Balaban J connectivity index is 0. The average Bonchev–Trinajstić information content (AvgIpc) is 2.37. The van der Waals surface area contributed by atoms with Crippen LogP contribution >= 0.6 is 24.0 Å². The van der Waals surface area contributed by atoms with Crippen LogP contribution in [0.15, 0.2) is 4.99 Å². The lowest BCUT2D eigenvalue weighted by Crippen LogP contribution is -2.39. The Labute approximate surface area is 149 Å². The van der Waals surface area contributed by atoms with E-state index in [9.17, 15) is 0 Å². The summed E-state index contributed by atoms with van der Waals surface area (Å²) in [5.74, 6) is 0.960. The van der Waals surface area contributed by atoms with Crippen molar-refractivity contribution in [1.82, 2.24) is 15.5 Å². The van der Waals surface area contributed by atoms with E-state index in [0.717, 1.165) is 38.6 Å². The van der Waals surface area contributed by atoms with Crippen LogP contribution in [0.3, 0.4) is 0 Å². The van der Waals surface area contributed by atoms with Gasteiger partial charge in [-0.2, -0.15) is 0 Å². The van der Waals surface area contributed by atoms with Crippen LogP contribution in [-0.4, -0.2) is 49.1 Å². The van der Waals surface area contributed by atoms with Crippen molar-refractivity contribution in [3.63, 3.8) is 0 Å². The molecular formula is C16H37IN4. The largest absolute Gasteiger partial charge is 0.357 e. The molecule has 0 rings (SSSR count). The third-order valence-electron chi connectivity index (χ3n) is 3.34.